The van der Waals surface area contributed by atoms with E-state index >= 15 is 0 Å². The molecule has 0 spiro atoms. The first-order chi connectivity index (χ1) is 10.2. The van der Waals surface area contributed by atoms with Gasteiger partial charge in [0.1, 0.15) is 11.9 Å². The van der Waals surface area contributed by atoms with Gasteiger partial charge in [-0.25, -0.2) is 4.39 Å². The molecule has 2 N–H and O–H groups in total. The van der Waals surface area contributed by atoms with Gasteiger partial charge < -0.3 is 10.6 Å². The third-order valence-electron chi connectivity index (χ3n) is 3.56. The number of hydrogen-bond acceptors (Lipinski definition) is 2. The molecule has 0 fully saturated rings. The van der Waals surface area contributed by atoms with Crippen LogP contribution in [0.4, 0.5) is 10.1 Å². The summed E-state index contributed by atoms with van der Waals surface area (Å²) < 4.78 is 14.4. The second-order valence-corrected chi connectivity index (χ2v) is 5.77. The molecule has 0 bridgehead atoms. The van der Waals surface area contributed by atoms with E-state index in [2.05, 4.69) is 26.6 Å². The lowest BCUT2D eigenvalue weighted by Gasteiger charge is -2.13. The summed E-state index contributed by atoms with van der Waals surface area (Å²) in [5.74, 6) is -0.290. The number of nitrogens with one attached hydrogen (secondary N) is 2. The first-order valence-electron chi connectivity index (χ1n) is 6.73. The number of anilines is 1. The zero-order valence-corrected chi connectivity index (χ0v) is 12.8. The van der Waals surface area contributed by atoms with Crippen molar-refractivity contribution >= 4 is 27.5 Å². The van der Waals surface area contributed by atoms with Crippen LogP contribution in [-0.2, 0) is 11.2 Å². The molecule has 108 valence electrons. The molecule has 0 aliphatic carbocycles. The van der Waals surface area contributed by atoms with Crippen LogP contribution in [0, 0.1) is 5.82 Å². The minimum absolute atomic E-state index is 0.0783. The molecular formula is C16H14BrFN2O. The van der Waals surface area contributed by atoms with E-state index < -0.39 is 6.04 Å². The van der Waals surface area contributed by atoms with Gasteiger partial charge in [-0.2, -0.15) is 0 Å². The topological polar surface area (TPSA) is 41.1 Å². The van der Waals surface area contributed by atoms with Gasteiger partial charge in [-0.3, -0.25) is 4.79 Å². The average molecular weight is 349 g/mol. The molecule has 1 heterocycles. The van der Waals surface area contributed by atoms with E-state index in [4.69, 9.17) is 0 Å². The molecule has 3 rings (SSSR count). The van der Waals surface area contributed by atoms with Crippen LogP contribution in [0.15, 0.2) is 46.9 Å². The van der Waals surface area contributed by atoms with E-state index in [1.165, 1.54) is 6.07 Å². The number of halogens is 2. The molecule has 3 nitrogen and oxygen atoms in total. The fourth-order valence-electron chi connectivity index (χ4n) is 2.52. The fourth-order valence-corrected chi connectivity index (χ4v) is 3.12. The number of rotatable bonds is 4. The van der Waals surface area contributed by atoms with E-state index in [0.29, 0.717) is 18.5 Å². The van der Waals surface area contributed by atoms with Crippen LogP contribution in [0.25, 0.3) is 0 Å². The fraction of sp³-hybridized carbons (Fsp3) is 0.188. The summed E-state index contributed by atoms with van der Waals surface area (Å²) >= 11 is 3.47. The maximum Gasteiger partial charge on any atom is 0.246 e. The number of fused-ring (bicyclic) bond motifs is 1. The van der Waals surface area contributed by atoms with Crippen molar-refractivity contribution in [3.63, 3.8) is 0 Å². The first-order valence-corrected chi connectivity index (χ1v) is 7.52. The summed E-state index contributed by atoms with van der Waals surface area (Å²) in [6.07, 6.45) is 0.538. The minimum Gasteiger partial charge on any atom is -0.324 e. The second-order valence-electron chi connectivity index (χ2n) is 4.92. The quantitative estimate of drug-likeness (QED) is 0.888. The van der Waals surface area contributed by atoms with Gasteiger partial charge in [0.2, 0.25) is 5.91 Å². The van der Waals surface area contributed by atoms with Gasteiger partial charge in [0, 0.05) is 22.3 Å². The van der Waals surface area contributed by atoms with Crippen LogP contribution in [-0.4, -0.2) is 12.5 Å². The Labute approximate surface area is 130 Å². The van der Waals surface area contributed by atoms with Crippen LogP contribution in [0.5, 0.6) is 0 Å². The highest BCUT2D eigenvalue weighted by Gasteiger charge is 2.31. The van der Waals surface area contributed by atoms with Crippen molar-refractivity contribution in [2.24, 2.45) is 0 Å². The molecule has 0 saturated heterocycles. The Morgan fingerprint density at radius 1 is 1.19 bits per heavy atom. The maximum absolute atomic E-state index is 13.6. The molecule has 1 aliphatic rings. The monoisotopic (exact) mass is 348 g/mol. The molecule has 1 atom stereocenters. The van der Waals surface area contributed by atoms with Gasteiger partial charge in [0.15, 0.2) is 0 Å². The Bertz CT molecular complexity index is 690. The highest BCUT2D eigenvalue weighted by atomic mass is 79.9. The highest BCUT2D eigenvalue weighted by Crippen LogP contribution is 2.36. The Hall–Kier alpha value is -1.72. The number of carbonyl (C=O) groups excluding carboxylic acids is 1. The lowest BCUT2D eigenvalue weighted by molar-refractivity contribution is -0.117. The van der Waals surface area contributed by atoms with Gasteiger partial charge >= 0.3 is 0 Å². The van der Waals surface area contributed by atoms with Gasteiger partial charge in [-0.15, -0.1) is 0 Å². The Morgan fingerprint density at radius 3 is 2.81 bits per heavy atom. The largest absolute Gasteiger partial charge is 0.324 e. The summed E-state index contributed by atoms with van der Waals surface area (Å²) in [7, 11) is 0. The molecule has 21 heavy (non-hydrogen) atoms. The second kappa shape index (κ2) is 5.95. The molecule has 0 radical (unpaired) electrons. The lowest BCUT2D eigenvalue weighted by atomic mass is 10.1. The predicted octanol–water partition coefficient (Wildman–Crippen LogP) is 3.41. The minimum atomic E-state index is -0.401. The van der Waals surface area contributed by atoms with Crippen molar-refractivity contribution in [1.82, 2.24) is 5.32 Å². The summed E-state index contributed by atoms with van der Waals surface area (Å²) in [6, 6.07) is 11.9. The standard InChI is InChI=1S/C16H14BrFN2O/c17-11-5-3-7-13-14(11)15(16(21)20-13)19-9-8-10-4-1-2-6-12(10)18/h1-7,15,19H,8-9H2,(H,20,21). The first kappa shape index (κ1) is 14.2. The van der Waals surface area contributed by atoms with Crippen molar-refractivity contribution in [3.8, 4) is 0 Å². The molecule has 1 unspecified atom stereocenters. The van der Waals surface area contributed by atoms with Gasteiger partial charge in [0.25, 0.3) is 0 Å². The Morgan fingerprint density at radius 2 is 2.00 bits per heavy atom. The normalized spacial score (nSPS) is 16.7. The predicted molar refractivity (Wildman–Crippen MR) is 83.6 cm³/mol. The zero-order valence-electron chi connectivity index (χ0n) is 11.2. The average Bonchev–Trinajstić information content (AvgIpc) is 2.78. The van der Waals surface area contributed by atoms with Crippen molar-refractivity contribution in [2.45, 2.75) is 12.5 Å². The summed E-state index contributed by atoms with van der Waals surface area (Å²) in [5, 5.41) is 6.04. The molecule has 1 amide bonds. The maximum atomic E-state index is 13.6. The molecule has 2 aromatic carbocycles. The number of hydrogen-bond donors (Lipinski definition) is 2. The molecule has 0 aromatic heterocycles. The Kier molecular flexibility index (Phi) is 4.03. The number of carbonyl (C=O) groups is 1. The summed E-state index contributed by atoms with van der Waals surface area (Å²) in [5.41, 5.74) is 2.38. The third kappa shape index (κ3) is 2.84. The molecule has 1 aliphatic heterocycles. The molecular weight excluding hydrogens is 335 g/mol. The number of benzene rings is 2. The van der Waals surface area contributed by atoms with E-state index in [0.717, 1.165) is 15.7 Å². The van der Waals surface area contributed by atoms with E-state index in [-0.39, 0.29) is 11.7 Å². The molecule has 5 heteroatoms. The highest BCUT2D eigenvalue weighted by molar-refractivity contribution is 9.10. The third-order valence-corrected chi connectivity index (χ3v) is 4.25. The van der Waals surface area contributed by atoms with Crippen LogP contribution < -0.4 is 10.6 Å². The summed E-state index contributed by atoms with van der Waals surface area (Å²) in [4.78, 5) is 12.0. The van der Waals surface area contributed by atoms with Crippen LogP contribution in [0.3, 0.4) is 0 Å². The molecule has 0 saturated carbocycles. The van der Waals surface area contributed by atoms with Crippen molar-refractivity contribution < 1.29 is 9.18 Å². The van der Waals surface area contributed by atoms with Crippen LogP contribution >= 0.6 is 15.9 Å². The van der Waals surface area contributed by atoms with Crippen molar-refractivity contribution in [2.75, 3.05) is 11.9 Å². The Balaban J connectivity index is 1.70. The van der Waals surface area contributed by atoms with Gasteiger partial charge in [-0.05, 0) is 30.2 Å². The molecule has 2 aromatic rings. The SMILES string of the molecule is O=C1Nc2cccc(Br)c2C1NCCc1ccccc1F. The van der Waals surface area contributed by atoms with Crippen LogP contribution in [0.1, 0.15) is 17.2 Å². The van der Waals surface area contributed by atoms with E-state index in [1.807, 2.05) is 24.3 Å². The number of amides is 1. The lowest BCUT2D eigenvalue weighted by Crippen LogP contribution is -2.29. The van der Waals surface area contributed by atoms with E-state index in [1.54, 1.807) is 12.1 Å². The van der Waals surface area contributed by atoms with E-state index in [9.17, 15) is 9.18 Å². The van der Waals surface area contributed by atoms with Gasteiger partial charge in [-0.1, -0.05) is 40.2 Å². The van der Waals surface area contributed by atoms with Crippen molar-refractivity contribution in [3.05, 3.63) is 63.9 Å². The zero-order chi connectivity index (χ0) is 14.8. The summed E-state index contributed by atoms with van der Waals surface area (Å²) in [6.45, 7) is 0.528. The van der Waals surface area contributed by atoms with Crippen LogP contribution in [0.2, 0.25) is 0 Å². The van der Waals surface area contributed by atoms with Gasteiger partial charge in [0.05, 0.1) is 0 Å². The van der Waals surface area contributed by atoms with Crippen molar-refractivity contribution in [1.29, 1.82) is 0 Å². The smallest absolute Gasteiger partial charge is 0.246 e.